The van der Waals surface area contributed by atoms with Crippen molar-refractivity contribution in [2.45, 2.75) is 0 Å². The summed E-state index contributed by atoms with van der Waals surface area (Å²) in [5, 5.41) is 18.4. The van der Waals surface area contributed by atoms with E-state index in [0.29, 0.717) is 10.9 Å². The van der Waals surface area contributed by atoms with Crippen molar-refractivity contribution in [2.75, 3.05) is 7.05 Å². The Labute approximate surface area is 119 Å². The van der Waals surface area contributed by atoms with Crippen molar-refractivity contribution in [2.24, 2.45) is 5.73 Å². The second-order valence-electron chi connectivity index (χ2n) is 3.93. The smallest absolute Gasteiger partial charge is 0.278 e. The fourth-order valence-electron chi connectivity index (χ4n) is 1.70. The molecule has 0 unspecified atom stereocenters. The van der Waals surface area contributed by atoms with Crippen LogP contribution in [0.3, 0.4) is 0 Å². The number of guanidine groups is 1. The SMILES string of the molecule is CN(C(=N)N)C(=O)c1cc2c([N+](=O)[O-])cccc2[nH]1.Cl. The van der Waals surface area contributed by atoms with Crippen LogP contribution in [0.25, 0.3) is 10.9 Å². The Bertz CT molecular complexity index is 696. The van der Waals surface area contributed by atoms with Crippen LogP contribution >= 0.6 is 12.4 Å². The molecule has 0 radical (unpaired) electrons. The maximum atomic E-state index is 11.9. The minimum Gasteiger partial charge on any atom is -0.370 e. The maximum absolute atomic E-state index is 11.9. The number of aromatic amines is 1. The van der Waals surface area contributed by atoms with Gasteiger partial charge in [0.25, 0.3) is 11.6 Å². The Hall–Kier alpha value is -2.61. The van der Waals surface area contributed by atoms with Crippen molar-refractivity contribution < 1.29 is 9.72 Å². The van der Waals surface area contributed by atoms with E-state index in [0.717, 1.165) is 4.90 Å². The second-order valence-corrected chi connectivity index (χ2v) is 3.93. The highest BCUT2D eigenvalue weighted by atomic mass is 35.5. The molecule has 2 aromatic rings. The zero-order valence-electron chi connectivity index (χ0n) is 10.4. The van der Waals surface area contributed by atoms with Crippen LogP contribution < -0.4 is 5.73 Å². The monoisotopic (exact) mass is 297 g/mol. The number of carbonyl (C=O) groups is 1. The molecule has 1 aromatic heterocycles. The molecule has 4 N–H and O–H groups in total. The van der Waals surface area contributed by atoms with E-state index in [1.807, 2.05) is 0 Å². The van der Waals surface area contributed by atoms with Gasteiger partial charge in [-0.1, -0.05) is 6.07 Å². The van der Waals surface area contributed by atoms with Gasteiger partial charge in [0.15, 0.2) is 5.96 Å². The molecule has 0 atom stereocenters. The van der Waals surface area contributed by atoms with Crippen molar-refractivity contribution >= 4 is 40.9 Å². The lowest BCUT2D eigenvalue weighted by atomic mass is 10.2. The van der Waals surface area contributed by atoms with E-state index in [9.17, 15) is 14.9 Å². The van der Waals surface area contributed by atoms with Gasteiger partial charge in [-0.15, -0.1) is 12.4 Å². The molecule has 1 amide bonds. The minimum absolute atomic E-state index is 0. The van der Waals surface area contributed by atoms with Gasteiger partial charge in [0, 0.05) is 13.1 Å². The molecular weight excluding hydrogens is 286 g/mol. The zero-order chi connectivity index (χ0) is 14.2. The fourth-order valence-corrected chi connectivity index (χ4v) is 1.70. The lowest BCUT2D eigenvalue weighted by Crippen LogP contribution is -2.38. The van der Waals surface area contributed by atoms with Crippen LogP contribution in [0.2, 0.25) is 0 Å². The summed E-state index contributed by atoms with van der Waals surface area (Å²) in [6.07, 6.45) is 0. The molecule has 106 valence electrons. The van der Waals surface area contributed by atoms with Gasteiger partial charge in [-0.25, -0.2) is 0 Å². The lowest BCUT2D eigenvalue weighted by molar-refractivity contribution is -0.383. The first-order valence-corrected chi connectivity index (χ1v) is 5.30. The van der Waals surface area contributed by atoms with Gasteiger partial charge >= 0.3 is 0 Å². The van der Waals surface area contributed by atoms with Gasteiger partial charge in [-0.05, 0) is 12.1 Å². The Morgan fingerprint density at radius 3 is 2.70 bits per heavy atom. The lowest BCUT2D eigenvalue weighted by Gasteiger charge is -2.12. The van der Waals surface area contributed by atoms with Gasteiger partial charge in [-0.2, -0.15) is 0 Å². The van der Waals surface area contributed by atoms with Gasteiger partial charge in [0.2, 0.25) is 0 Å². The summed E-state index contributed by atoms with van der Waals surface area (Å²) < 4.78 is 0. The predicted molar refractivity (Wildman–Crippen MR) is 76.2 cm³/mol. The predicted octanol–water partition coefficient (Wildman–Crippen LogP) is 1.46. The Morgan fingerprint density at radius 1 is 1.50 bits per heavy atom. The largest absolute Gasteiger partial charge is 0.370 e. The molecule has 9 heteroatoms. The molecule has 2 rings (SSSR count). The number of nitrogens with two attached hydrogens (primary N) is 1. The molecule has 0 aliphatic heterocycles. The normalized spacial score (nSPS) is 9.85. The quantitative estimate of drug-likeness (QED) is 0.335. The molecule has 1 heterocycles. The number of nitrogens with zero attached hydrogens (tertiary/aromatic N) is 2. The van der Waals surface area contributed by atoms with Gasteiger partial charge < -0.3 is 10.7 Å². The van der Waals surface area contributed by atoms with Crippen LogP contribution in [-0.2, 0) is 0 Å². The van der Waals surface area contributed by atoms with Gasteiger partial charge in [0.05, 0.1) is 15.8 Å². The number of nitro groups is 1. The van der Waals surface area contributed by atoms with E-state index in [1.54, 1.807) is 6.07 Å². The summed E-state index contributed by atoms with van der Waals surface area (Å²) in [4.78, 5) is 26.0. The van der Waals surface area contributed by atoms with Crippen LogP contribution in [0.1, 0.15) is 10.5 Å². The standard InChI is InChI=1S/C11H11N5O3.ClH/c1-15(11(12)13)10(17)8-5-6-7(14-8)3-2-4-9(6)16(18)19;/h2-5,14H,1H3,(H3,12,13);1H. The molecule has 0 spiro atoms. The summed E-state index contributed by atoms with van der Waals surface area (Å²) in [7, 11) is 1.35. The number of amides is 1. The number of H-pyrrole nitrogens is 1. The van der Waals surface area contributed by atoms with Gasteiger partial charge in [0.1, 0.15) is 5.69 Å². The van der Waals surface area contributed by atoms with E-state index in [1.165, 1.54) is 25.2 Å². The Morgan fingerprint density at radius 2 is 2.15 bits per heavy atom. The van der Waals surface area contributed by atoms with Crippen molar-refractivity contribution in [1.82, 2.24) is 9.88 Å². The maximum Gasteiger partial charge on any atom is 0.278 e. The third-order valence-electron chi connectivity index (χ3n) is 2.73. The van der Waals surface area contributed by atoms with Crippen molar-refractivity contribution in [1.29, 1.82) is 5.41 Å². The number of rotatable bonds is 2. The average molecular weight is 298 g/mol. The van der Waals surface area contributed by atoms with Crippen LogP contribution in [0.4, 0.5) is 5.69 Å². The number of aromatic nitrogens is 1. The number of halogens is 1. The second kappa shape index (κ2) is 5.57. The topological polar surface area (TPSA) is 129 Å². The van der Waals surface area contributed by atoms with Crippen LogP contribution in [0.5, 0.6) is 0 Å². The molecule has 8 nitrogen and oxygen atoms in total. The van der Waals surface area contributed by atoms with Crippen molar-refractivity contribution in [3.8, 4) is 0 Å². The molecule has 0 saturated heterocycles. The van der Waals surface area contributed by atoms with Crippen molar-refractivity contribution in [3.05, 3.63) is 40.1 Å². The van der Waals surface area contributed by atoms with Crippen LogP contribution in [-0.4, -0.2) is 33.7 Å². The third kappa shape index (κ3) is 2.54. The highest BCUT2D eigenvalue weighted by Gasteiger charge is 2.19. The number of fused-ring (bicyclic) bond motifs is 1. The molecular formula is C11H12ClN5O3. The minimum atomic E-state index is -0.530. The molecule has 20 heavy (non-hydrogen) atoms. The van der Waals surface area contributed by atoms with E-state index < -0.39 is 16.8 Å². The molecule has 0 aliphatic rings. The highest BCUT2D eigenvalue weighted by molar-refractivity contribution is 6.06. The number of hydrogen-bond acceptors (Lipinski definition) is 4. The Kier molecular flexibility index (Phi) is 4.31. The molecule has 0 aliphatic carbocycles. The van der Waals surface area contributed by atoms with Crippen LogP contribution in [0.15, 0.2) is 24.3 Å². The Balaban J connectivity index is 0.00000200. The van der Waals surface area contributed by atoms with Crippen molar-refractivity contribution in [3.63, 3.8) is 0 Å². The highest BCUT2D eigenvalue weighted by Crippen LogP contribution is 2.26. The van der Waals surface area contributed by atoms with Gasteiger partial charge in [-0.3, -0.25) is 25.2 Å². The van der Waals surface area contributed by atoms with E-state index >= 15 is 0 Å². The summed E-state index contributed by atoms with van der Waals surface area (Å²) in [6, 6.07) is 5.90. The number of benzene rings is 1. The number of nitrogens with one attached hydrogen (secondary N) is 2. The summed E-state index contributed by atoms with van der Waals surface area (Å²) in [5.41, 5.74) is 5.75. The summed E-state index contributed by atoms with van der Waals surface area (Å²) >= 11 is 0. The fraction of sp³-hybridized carbons (Fsp3) is 0.0909. The summed E-state index contributed by atoms with van der Waals surface area (Å²) in [6.45, 7) is 0. The zero-order valence-corrected chi connectivity index (χ0v) is 11.2. The number of nitro benzene ring substituents is 1. The van der Waals surface area contributed by atoms with Crippen LogP contribution in [0, 0.1) is 15.5 Å². The third-order valence-corrected chi connectivity index (χ3v) is 2.73. The average Bonchev–Trinajstić information content (AvgIpc) is 2.79. The first-order valence-electron chi connectivity index (χ1n) is 5.30. The molecule has 0 saturated carbocycles. The van der Waals surface area contributed by atoms with E-state index in [2.05, 4.69) is 4.98 Å². The molecule has 0 fully saturated rings. The van der Waals surface area contributed by atoms with E-state index in [4.69, 9.17) is 11.1 Å². The number of hydrogen-bond donors (Lipinski definition) is 3. The molecule has 0 bridgehead atoms. The first kappa shape index (κ1) is 15.4. The molecule has 1 aromatic carbocycles. The number of non-ortho nitro benzene ring substituents is 1. The summed E-state index contributed by atoms with van der Waals surface area (Å²) in [5.74, 6) is -0.934. The number of carbonyl (C=O) groups excluding carboxylic acids is 1. The first-order chi connectivity index (χ1) is 8.91. The van der Waals surface area contributed by atoms with E-state index in [-0.39, 0.29) is 23.8 Å².